The number of hydrogen-bond donors (Lipinski definition) is 2. The van der Waals surface area contributed by atoms with Crippen molar-refractivity contribution >= 4 is 34.8 Å². The maximum atomic E-state index is 14.9. The molecule has 2 aliphatic heterocycles. The van der Waals surface area contributed by atoms with Gasteiger partial charge in [-0.15, -0.1) is 0 Å². The number of nitrogens with one attached hydrogen (secondary N) is 1. The summed E-state index contributed by atoms with van der Waals surface area (Å²) in [6.45, 7) is 8.58. The number of carbonyl (C=O) groups is 4. The number of nitrogens with zero attached hydrogens (tertiary/aromatic N) is 2. The Kier molecular flexibility index (Phi) is 13.2. The second-order valence-corrected chi connectivity index (χ2v) is 16.7. The fourth-order valence-corrected chi connectivity index (χ4v) is 9.42. The molecule has 3 amide bonds. The number of alkyl halides is 1. The summed E-state index contributed by atoms with van der Waals surface area (Å²) in [4.78, 5) is 58.8. The molecule has 0 radical (unpaired) electrons. The highest BCUT2D eigenvalue weighted by Crippen LogP contribution is 2.51. The molecule has 4 fully saturated rings. The number of alkyl carbamates (subject to hydrolysis) is 1. The second-order valence-electron chi connectivity index (χ2n) is 16.7. The molecule has 4 atom stereocenters. The first-order valence-electron chi connectivity index (χ1n) is 20.1. The number of ether oxygens (including phenoxy) is 3. The molecule has 13 heteroatoms. The van der Waals surface area contributed by atoms with Crippen LogP contribution in [-0.4, -0.2) is 97.5 Å². The topological polar surface area (TPSA) is 154 Å². The SMILES string of the molecule is CC(C)(C)OC(=O)NC(CF)[C@H]1CC[C@H](C(=O)N2C(c3c(C(=O)OCCCN4CCOCC4)oc4ccccc34)C[C@@H](C3CCCCC3)[C@H]2C(N)=O)CC1. The molecule has 2 saturated heterocycles. The number of benzene rings is 1. The highest BCUT2D eigenvalue weighted by Gasteiger charge is 2.53. The predicted octanol–water partition coefficient (Wildman–Crippen LogP) is 6.30. The van der Waals surface area contributed by atoms with E-state index in [2.05, 4.69) is 10.2 Å². The Hall–Kier alpha value is -3.71. The number of esters is 1. The molecule has 2 saturated carbocycles. The molecule has 4 aliphatic rings. The summed E-state index contributed by atoms with van der Waals surface area (Å²) in [5.41, 5.74) is 6.59. The Morgan fingerprint density at radius 2 is 1.70 bits per heavy atom. The maximum absolute atomic E-state index is 14.9. The second kappa shape index (κ2) is 17.8. The van der Waals surface area contributed by atoms with Gasteiger partial charge in [-0.1, -0.05) is 50.3 Å². The first-order chi connectivity index (χ1) is 25.9. The number of primary amides is 1. The fraction of sp³-hybridized carbons (Fsp3) is 0.707. The van der Waals surface area contributed by atoms with E-state index in [4.69, 9.17) is 24.4 Å². The first kappa shape index (κ1) is 40.0. The number of halogens is 1. The number of para-hydroxylation sites is 1. The molecule has 298 valence electrons. The van der Waals surface area contributed by atoms with E-state index in [1.165, 1.54) is 0 Å². The third kappa shape index (κ3) is 9.38. The molecule has 2 unspecified atom stereocenters. The fourth-order valence-electron chi connectivity index (χ4n) is 9.42. The maximum Gasteiger partial charge on any atom is 0.407 e. The van der Waals surface area contributed by atoms with Crippen LogP contribution in [0.25, 0.3) is 11.0 Å². The number of rotatable bonds is 12. The van der Waals surface area contributed by atoms with Crippen molar-refractivity contribution in [3.8, 4) is 0 Å². The van der Waals surface area contributed by atoms with E-state index in [-0.39, 0.29) is 36.0 Å². The number of amides is 3. The van der Waals surface area contributed by atoms with Gasteiger partial charge in [-0.2, -0.15) is 0 Å². The van der Waals surface area contributed by atoms with E-state index < -0.39 is 54.3 Å². The van der Waals surface area contributed by atoms with Gasteiger partial charge in [0.15, 0.2) is 0 Å². The van der Waals surface area contributed by atoms with Crippen LogP contribution in [0.15, 0.2) is 28.7 Å². The number of nitrogens with two attached hydrogens (primary N) is 1. The third-order valence-electron chi connectivity index (χ3n) is 12.0. The Bertz CT molecular complexity index is 1610. The number of morpholine rings is 1. The summed E-state index contributed by atoms with van der Waals surface area (Å²) in [5, 5.41) is 3.40. The van der Waals surface area contributed by atoms with E-state index in [0.29, 0.717) is 68.3 Å². The van der Waals surface area contributed by atoms with E-state index in [0.717, 1.165) is 51.7 Å². The van der Waals surface area contributed by atoms with Crippen LogP contribution in [0.5, 0.6) is 0 Å². The van der Waals surface area contributed by atoms with Crippen molar-refractivity contribution in [2.45, 2.75) is 115 Å². The van der Waals surface area contributed by atoms with E-state index in [1.807, 2.05) is 18.2 Å². The van der Waals surface area contributed by atoms with Crippen molar-refractivity contribution < 1.29 is 42.2 Å². The summed E-state index contributed by atoms with van der Waals surface area (Å²) < 4.78 is 37.2. The van der Waals surface area contributed by atoms with Crippen LogP contribution in [-0.2, 0) is 23.8 Å². The predicted molar refractivity (Wildman–Crippen MR) is 200 cm³/mol. The molecule has 6 rings (SSSR count). The number of likely N-dealkylation sites (tertiary alicyclic amines) is 1. The van der Waals surface area contributed by atoms with Crippen LogP contribution in [0.1, 0.15) is 114 Å². The van der Waals surface area contributed by atoms with Crippen LogP contribution in [0, 0.1) is 23.7 Å². The molecular formula is C41H59FN4O8. The standard InChI is InChI=1S/C41H59FN4O8/c1-41(2,3)54-40(50)44-31(25-42)27-14-16-28(17-15-27)38(48)46-32(24-30(35(46)37(43)47)26-10-5-4-6-11-26)34-29-12-7-8-13-33(29)53-36(34)39(49)52-21-9-18-45-19-22-51-23-20-45/h7-8,12-13,26-28,30-32,35H,4-6,9-11,14-25H2,1-3H3,(H2,43,47)(H,44,50)/t27-,28-,30-,31?,32?,35-/m0/s1. The summed E-state index contributed by atoms with van der Waals surface area (Å²) >= 11 is 0. The lowest BCUT2D eigenvalue weighted by atomic mass is 9.75. The quantitative estimate of drug-likeness (QED) is 0.188. The molecule has 0 spiro atoms. The molecule has 54 heavy (non-hydrogen) atoms. The zero-order valence-corrected chi connectivity index (χ0v) is 32.2. The lowest BCUT2D eigenvalue weighted by Gasteiger charge is -2.38. The summed E-state index contributed by atoms with van der Waals surface area (Å²) in [6, 6.07) is 5.19. The van der Waals surface area contributed by atoms with Gasteiger partial charge in [0.1, 0.15) is 23.9 Å². The van der Waals surface area contributed by atoms with Crippen molar-refractivity contribution in [3.63, 3.8) is 0 Å². The van der Waals surface area contributed by atoms with Gasteiger partial charge in [-0.25, -0.2) is 14.0 Å². The van der Waals surface area contributed by atoms with Crippen molar-refractivity contribution in [2.24, 2.45) is 29.4 Å². The smallest absolute Gasteiger partial charge is 0.407 e. The van der Waals surface area contributed by atoms with Crippen molar-refractivity contribution in [3.05, 3.63) is 35.6 Å². The summed E-state index contributed by atoms with van der Waals surface area (Å²) in [6.07, 6.45) is 7.57. The number of furan rings is 1. The van der Waals surface area contributed by atoms with Crippen molar-refractivity contribution in [1.82, 2.24) is 15.1 Å². The minimum atomic E-state index is -0.846. The Morgan fingerprint density at radius 1 is 1.00 bits per heavy atom. The number of carbonyl (C=O) groups excluding carboxylic acids is 4. The molecule has 0 bridgehead atoms. The van der Waals surface area contributed by atoms with Gasteiger partial charge in [0, 0.05) is 36.5 Å². The molecule has 1 aromatic carbocycles. The van der Waals surface area contributed by atoms with Crippen LogP contribution in [0.3, 0.4) is 0 Å². The molecule has 3 heterocycles. The molecule has 3 N–H and O–H groups in total. The lowest BCUT2D eigenvalue weighted by molar-refractivity contribution is -0.145. The molecule has 2 aromatic rings. The summed E-state index contributed by atoms with van der Waals surface area (Å²) in [7, 11) is 0. The van der Waals surface area contributed by atoms with Crippen molar-refractivity contribution in [2.75, 3.05) is 46.1 Å². The first-order valence-corrected chi connectivity index (χ1v) is 20.1. The minimum Gasteiger partial charge on any atom is -0.460 e. The molecule has 2 aliphatic carbocycles. The molecule has 12 nitrogen and oxygen atoms in total. The Labute approximate surface area is 317 Å². The van der Waals surface area contributed by atoms with Gasteiger partial charge >= 0.3 is 12.1 Å². The minimum absolute atomic E-state index is 0.0561. The normalized spacial score (nSPS) is 26.4. The lowest BCUT2D eigenvalue weighted by Crippen LogP contribution is -2.51. The average molecular weight is 755 g/mol. The van der Waals surface area contributed by atoms with Crippen LogP contribution in [0.4, 0.5) is 9.18 Å². The van der Waals surface area contributed by atoms with Gasteiger partial charge in [0.05, 0.1) is 31.9 Å². The average Bonchev–Trinajstić information content (AvgIpc) is 3.75. The Morgan fingerprint density at radius 3 is 2.37 bits per heavy atom. The van der Waals surface area contributed by atoms with Crippen LogP contribution >= 0.6 is 0 Å². The van der Waals surface area contributed by atoms with E-state index in [1.54, 1.807) is 31.7 Å². The zero-order chi connectivity index (χ0) is 38.4. The van der Waals surface area contributed by atoms with Gasteiger partial charge in [-0.05, 0) is 83.1 Å². The Balaban J connectivity index is 1.25. The highest BCUT2D eigenvalue weighted by atomic mass is 19.1. The largest absolute Gasteiger partial charge is 0.460 e. The number of fused-ring (bicyclic) bond motifs is 1. The third-order valence-corrected chi connectivity index (χ3v) is 12.0. The van der Waals surface area contributed by atoms with Crippen LogP contribution in [0.2, 0.25) is 0 Å². The summed E-state index contributed by atoms with van der Waals surface area (Å²) in [5.74, 6) is -1.85. The van der Waals surface area contributed by atoms with Gasteiger partial charge < -0.3 is 34.6 Å². The van der Waals surface area contributed by atoms with Gasteiger partial charge in [-0.3, -0.25) is 14.5 Å². The number of hydrogen-bond acceptors (Lipinski definition) is 9. The van der Waals surface area contributed by atoms with Gasteiger partial charge in [0.25, 0.3) is 0 Å². The van der Waals surface area contributed by atoms with Gasteiger partial charge in [0.2, 0.25) is 17.6 Å². The van der Waals surface area contributed by atoms with Crippen molar-refractivity contribution in [1.29, 1.82) is 0 Å². The van der Waals surface area contributed by atoms with E-state index >= 15 is 0 Å². The zero-order valence-electron chi connectivity index (χ0n) is 32.2. The highest BCUT2D eigenvalue weighted by molar-refractivity contribution is 5.98. The van der Waals surface area contributed by atoms with Crippen LogP contribution < -0.4 is 11.1 Å². The monoisotopic (exact) mass is 754 g/mol. The molecular weight excluding hydrogens is 695 g/mol. The van der Waals surface area contributed by atoms with E-state index in [9.17, 15) is 23.6 Å². The molecule has 1 aromatic heterocycles.